The third-order valence-corrected chi connectivity index (χ3v) is 5.19. The summed E-state index contributed by atoms with van der Waals surface area (Å²) in [6, 6.07) is 0. The predicted octanol–water partition coefficient (Wildman–Crippen LogP) is 3.82. The Morgan fingerprint density at radius 3 is 2.75 bits per heavy atom. The third-order valence-electron chi connectivity index (χ3n) is 3.30. The number of nitrogens with two attached hydrogens (primary N) is 1. The summed E-state index contributed by atoms with van der Waals surface area (Å²) in [6.45, 7) is 7.36. The summed E-state index contributed by atoms with van der Waals surface area (Å²) in [6.07, 6.45) is 6.59. The van der Waals surface area contributed by atoms with Crippen molar-refractivity contribution in [3.63, 3.8) is 0 Å². The molecule has 3 nitrogen and oxygen atoms in total. The van der Waals surface area contributed by atoms with Gasteiger partial charge in [0.1, 0.15) is 5.82 Å². The minimum absolute atomic E-state index is 0.0899. The normalized spacial score (nSPS) is 14.8. The van der Waals surface area contributed by atoms with E-state index >= 15 is 0 Å². The maximum Gasteiger partial charge on any atom is 0.146 e. The van der Waals surface area contributed by atoms with Gasteiger partial charge in [-0.05, 0) is 55.0 Å². The highest BCUT2D eigenvalue weighted by molar-refractivity contribution is 9.10. The van der Waals surface area contributed by atoms with Crippen molar-refractivity contribution < 1.29 is 8.60 Å². The summed E-state index contributed by atoms with van der Waals surface area (Å²) >= 11 is 3.35. The molecule has 0 aliphatic carbocycles. The number of halogens is 2. The number of hydrogen-bond donors (Lipinski definition) is 1. The number of rotatable bonds is 7. The first-order chi connectivity index (χ1) is 9.29. The van der Waals surface area contributed by atoms with Gasteiger partial charge in [0.05, 0.1) is 21.9 Å². The number of allylic oxidation sites excluding steroid dienone is 1. The molecule has 2 atom stereocenters. The van der Waals surface area contributed by atoms with E-state index in [0.29, 0.717) is 16.5 Å². The van der Waals surface area contributed by atoms with E-state index in [9.17, 15) is 8.60 Å². The van der Waals surface area contributed by atoms with Gasteiger partial charge in [0, 0.05) is 16.2 Å². The zero-order chi connectivity index (χ0) is 15.3. The number of pyridine rings is 1. The number of hydrogen-bond acceptors (Lipinski definition) is 2. The first kappa shape index (κ1) is 17.5. The van der Waals surface area contributed by atoms with E-state index < -0.39 is 15.7 Å². The first-order valence-electron chi connectivity index (χ1n) is 6.35. The van der Waals surface area contributed by atoms with E-state index in [4.69, 9.17) is 5.14 Å². The molecule has 0 aliphatic rings. The van der Waals surface area contributed by atoms with Crippen molar-refractivity contribution >= 4 is 26.9 Å². The Balaban J connectivity index is 3.12. The third kappa shape index (κ3) is 4.46. The van der Waals surface area contributed by atoms with Crippen molar-refractivity contribution in [2.24, 2.45) is 5.14 Å². The minimum Gasteiger partial charge on any atom is -0.260 e. The van der Waals surface area contributed by atoms with Gasteiger partial charge in [-0.1, -0.05) is 6.08 Å². The van der Waals surface area contributed by atoms with Crippen LogP contribution in [0.5, 0.6) is 0 Å². The lowest BCUT2D eigenvalue weighted by atomic mass is 9.86. The summed E-state index contributed by atoms with van der Waals surface area (Å²) in [4.78, 5) is 3.81. The highest BCUT2D eigenvalue weighted by atomic mass is 79.9. The van der Waals surface area contributed by atoms with Crippen molar-refractivity contribution in [3.8, 4) is 0 Å². The molecule has 0 aliphatic heterocycles. The fraction of sp³-hybridized carbons (Fsp3) is 0.500. The maximum atomic E-state index is 14.1. The van der Waals surface area contributed by atoms with Crippen molar-refractivity contribution in [3.05, 3.63) is 40.9 Å². The van der Waals surface area contributed by atoms with Gasteiger partial charge in [0.2, 0.25) is 0 Å². The number of aromatic nitrogens is 1. The monoisotopic (exact) mass is 362 g/mol. The van der Waals surface area contributed by atoms with Crippen molar-refractivity contribution in [1.82, 2.24) is 4.98 Å². The van der Waals surface area contributed by atoms with E-state index in [1.165, 1.54) is 6.20 Å². The summed E-state index contributed by atoms with van der Waals surface area (Å²) in [5.41, 5.74) is 0.570. The smallest absolute Gasteiger partial charge is 0.146 e. The lowest BCUT2D eigenvalue weighted by Gasteiger charge is -2.28. The van der Waals surface area contributed by atoms with Crippen LogP contribution in [0, 0.1) is 5.82 Å². The van der Waals surface area contributed by atoms with Crippen LogP contribution in [0.15, 0.2) is 29.5 Å². The molecule has 6 heteroatoms. The van der Waals surface area contributed by atoms with Crippen LogP contribution in [0.3, 0.4) is 0 Å². The van der Waals surface area contributed by atoms with Crippen LogP contribution in [-0.4, -0.2) is 13.9 Å². The van der Waals surface area contributed by atoms with Crippen molar-refractivity contribution in [2.75, 3.05) is 0 Å². The van der Waals surface area contributed by atoms with Crippen LogP contribution < -0.4 is 5.14 Å². The Kier molecular flexibility index (Phi) is 6.48. The van der Waals surface area contributed by atoms with E-state index in [1.807, 2.05) is 13.8 Å². The van der Waals surface area contributed by atoms with Gasteiger partial charge in [0.15, 0.2) is 0 Å². The predicted molar refractivity (Wildman–Crippen MR) is 85.1 cm³/mol. The first-order valence-corrected chi connectivity index (χ1v) is 8.36. The molecular weight excluding hydrogens is 343 g/mol. The molecule has 1 heterocycles. The highest BCUT2D eigenvalue weighted by Crippen LogP contribution is 2.37. The highest BCUT2D eigenvalue weighted by Gasteiger charge is 2.30. The quantitative estimate of drug-likeness (QED) is 0.749. The van der Waals surface area contributed by atoms with Crippen LogP contribution >= 0.6 is 15.9 Å². The molecule has 20 heavy (non-hydrogen) atoms. The molecule has 1 unspecified atom stereocenters. The molecule has 1 aromatic heterocycles. The molecular formula is C14H20BrFN2OS. The van der Waals surface area contributed by atoms with Gasteiger partial charge in [-0.3, -0.25) is 10.1 Å². The Morgan fingerprint density at radius 1 is 1.60 bits per heavy atom. The Morgan fingerprint density at radius 2 is 2.25 bits per heavy atom. The van der Waals surface area contributed by atoms with Crippen molar-refractivity contribution in [2.45, 2.75) is 43.8 Å². The van der Waals surface area contributed by atoms with Crippen LogP contribution in [0.1, 0.15) is 44.6 Å². The maximum absolute atomic E-state index is 14.1. The van der Waals surface area contributed by atoms with Gasteiger partial charge < -0.3 is 0 Å². The summed E-state index contributed by atoms with van der Waals surface area (Å²) < 4.78 is 25.8. The summed E-state index contributed by atoms with van der Waals surface area (Å²) in [5.74, 6) is -0.445. The molecule has 0 aromatic carbocycles. The minimum atomic E-state index is -1.47. The molecule has 1 rings (SSSR count). The van der Waals surface area contributed by atoms with Crippen LogP contribution in [0.4, 0.5) is 4.39 Å². The Labute approximate surface area is 130 Å². The summed E-state index contributed by atoms with van der Waals surface area (Å²) in [7, 11) is -1.47. The second kappa shape index (κ2) is 7.43. The zero-order valence-electron chi connectivity index (χ0n) is 11.7. The Bertz CT molecular complexity index is 488. The van der Waals surface area contributed by atoms with E-state index in [0.717, 1.165) is 12.8 Å². The average Bonchev–Trinajstić information content (AvgIpc) is 2.34. The average molecular weight is 363 g/mol. The Hall–Kier alpha value is -0.590. The van der Waals surface area contributed by atoms with Gasteiger partial charge in [-0.15, -0.1) is 6.58 Å². The van der Waals surface area contributed by atoms with E-state index in [1.54, 1.807) is 12.3 Å². The van der Waals surface area contributed by atoms with Crippen LogP contribution in [-0.2, 0) is 11.0 Å². The largest absolute Gasteiger partial charge is 0.260 e. The van der Waals surface area contributed by atoms with Gasteiger partial charge in [-0.25, -0.2) is 8.60 Å². The molecule has 0 spiro atoms. The molecule has 0 saturated carbocycles. The molecule has 0 saturated heterocycles. The standard InChI is InChI=1S/C14H20BrFN2OS/c1-4-5-6-10(7-14(2,3)20(17)19)13-11(15)8-18-9-12(13)16/h4,8-10H,1,5-7,17H2,2-3H3/t10-,20?/m1/s1. The fourth-order valence-corrected chi connectivity index (χ4v) is 3.15. The van der Waals surface area contributed by atoms with Crippen molar-refractivity contribution in [1.29, 1.82) is 0 Å². The van der Waals surface area contributed by atoms with Gasteiger partial charge in [0.25, 0.3) is 0 Å². The molecule has 2 N–H and O–H groups in total. The molecule has 0 radical (unpaired) electrons. The van der Waals surface area contributed by atoms with Crippen LogP contribution in [0.25, 0.3) is 0 Å². The topological polar surface area (TPSA) is 56.0 Å². The molecule has 112 valence electrons. The lowest BCUT2D eigenvalue weighted by Crippen LogP contribution is -2.34. The van der Waals surface area contributed by atoms with Gasteiger partial charge in [-0.2, -0.15) is 0 Å². The SMILES string of the molecule is C=CCC[C@H](CC(C)(C)S(N)=O)c1c(F)cncc1Br. The zero-order valence-corrected chi connectivity index (χ0v) is 14.1. The molecule has 0 bridgehead atoms. The second-order valence-corrected chi connectivity index (χ2v) is 7.90. The second-order valence-electron chi connectivity index (χ2n) is 5.34. The lowest BCUT2D eigenvalue weighted by molar-refractivity contribution is 0.473. The molecule has 1 aromatic rings. The summed E-state index contributed by atoms with van der Waals surface area (Å²) in [5, 5.41) is 5.54. The van der Waals surface area contributed by atoms with Crippen LogP contribution in [0.2, 0.25) is 0 Å². The van der Waals surface area contributed by atoms with Gasteiger partial charge >= 0.3 is 0 Å². The molecule has 0 fully saturated rings. The fourth-order valence-electron chi connectivity index (χ4n) is 2.15. The number of nitrogens with zero attached hydrogens (tertiary/aromatic N) is 1. The van der Waals surface area contributed by atoms with E-state index in [-0.39, 0.29) is 11.7 Å². The molecule has 0 amide bonds. The van der Waals surface area contributed by atoms with E-state index in [2.05, 4.69) is 27.5 Å².